The molecule has 52 valence electrons. The third kappa shape index (κ3) is 2.21. The maximum absolute atomic E-state index is 3.87. The fraction of sp³-hybridized carbons (Fsp3) is 0.167. The van der Waals surface area contributed by atoms with Gasteiger partial charge in [0.25, 0.3) is 0 Å². The molecule has 1 aromatic heterocycles. The molecule has 0 radical (unpaired) electrons. The highest BCUT2D eigenvalue weighted by Gasteiger charge is 1.73. The molecule has 0 aliphatic carbocycles. The van der Waals surface area contributed by atoms with Gasteiger partial charge in [-0.3, -0.25) is 5.10 Å². The first-order valence-electron chi connectivity index (χ1n) is 2.90. The van der Waals surface area contributed by atoms with E-state index in [1.807, 2.05) is 0 Å². The van der Waals surface area contributed by atoms with E-state index in [1.54, 1.807) is 25.4 Å². The third-order valence-corrected chi connectivity index (χ3v) is 0.880. The zero-order valence-corrected chi connectivity index (χ0v) is 5.65. The highest BCUT2D eigenvalue weighted by atomic mass is 15.1. The van der Waals surface area contributed by atoms with Crippen LogP contribution in [0.2, 0.25) is 0 Å². The predicted octanol–water partition coefficient (Wildman–Crippen LogP) is 0.633. The van der Waals surface area contributed by atoms with Gasteiger partial charge in [0, 0.05) is 12.4 Å². The largest absolute Gasteiger partial charge is 0.284 e. The van der Waals surface area contributed by atoms with E-state index in [4.69, 9.17) is 0 Å². The average Bonchev–Trinajstić information content (AvgIpc) is 2.02. The van der Waals surface area contributed by atoms with Crippen molar-refractivity contribution in [2.24, 2.45) is 0 Å². The number of aryl methyl sites for hydroxylation is 1. The lowest BCUT2D eigenvalue weighted by Crippen LogP contribution is -1.81. The molecular formula is C6H8N4. The van der Waals surface area contributed by atoms with Gasteiger partial charge < -0.3 is 0 Å². The molecule has 1 aromatic rings. The molecule has 4 heteroatoms. The Balaban J connectivity index is 3.13. The number of hydrogen-bond acceptors (Lipinski definition) is 3. The Hall–Kier alpha value is -1.45. The Labute approximate surface area is 58.7 Å². The summed E-state index contributed by atoms with van der Waals surface area (Å²) in [5, 5.41) is 6.52. The van der Waals surface area contributed by atoms with Crippen LogP contribution in [0.3, 0.4) is 0 Å². The molecule has 10 heavy (non-hydrogen) atoms. The molecule has 0 bridgehead atoms. The predicted molar refractivity (Wildman–Crippen MR) is 36.5 cm³/mol. The standard InChI is InChI=1S/C6H8N4/c1-6-8-5-7-3-2-4-9-10-6/h2-5,9H,1H3. The number of H-pyrrole nitrogens is 1. The monoisotopic (exact) mass is 136 g/mol. The van der Waals surface area contributed by atoms with Crippen molar-refractivity contribution in [3.05, 3.63) is 30.6 Å². The lowest BCUT2D eigenvalue weighted by molar-refractivity contribution is 0.938. The fourth-order valence-corrected chi connectivity index (χ4v) is 0.451. The molecule has 0 aliphatic heterocycles. The van der Waals surface area contributed by atoms with Gasteiger partial charge in [-0.2, -0.15) is 5.10 Å². The molecule has 0 aliphatic rings. The smallest absolute Gasteiger partial charge is 0.147 e. The molecule has 4 nitrogen and oxygen atoms in total. The van der Waals surface area contributed by atoms with Crippen LogP contribution in [0.1, 0.15) is 5.82 Å². The summed E-state index contributed by atoms with van der Waals surface area (Å²) in [5.41, 5.74) is 0. The van der Waals surface area contributed by atoms with Gasteiger partial charge in [-0.05, 0) is 13.0 Å². The van der Waals surface area contributed by atoms with Gasteiger partial charge in [0.1, 0.15) is 12.2 Å². The van der Waals surface area contributed by atoms with Crippen LogP contribution in [0.5, 0.6) is 0 Å². The minimum Gasteiger partial charge on any atom is -0.284 e. The second-order valence-electron chi connectivity index (χ2n) is 1.69. The first-order valence-corrected chi connectivity index (χ1v) is 2.90. The van der Waals surface area contributed by atoms with Crippen LogP contribution in [-0.4, -0.2) is 20.2 Å². The van der Waals surface area contributed by atoms with Crippen LogP contribution >= 0.6 is 0 Å². The summed E-state index contributed by atoms with van der Waals surface area (Å²) in [5.74, 6) is 0.656. The van der Waals surface area contributed by atoms with Gasteiger partial charge in [0.2, 0.25) is 0 Å². The number of rotatable bonds is 0. The Kier molecular flexibility index (Phi) is 2.37. The lowest BCUT2D eigenvalue weighted by Gasteiger charge is -1.76. The Bertz CT molecular complexity index is 217. The van der Waals surface area contributed by atoms with E-state index in [0.29, 0.717) is 5.82 Å². The zero-order valence-electron chi connectivity index (χ0n) is 5.65. The molecule has 0 saturated heterocycles. The second-order valence-corrected chi connectivity index (χ2v) is 1.69. The van der Waals surface area contributed by atoms with Gasteiger partial charge in [-0.15, -0.1) is 0 Å². The second kappa shape index (κ2) is 3.55. The maximum Gasteiger partial charge on any atom is 0.147 e. The van der Waals surface area contributed by atoms with E-state index < -0.39 is 0 Å². The van der Waals surface area contributed by atoms with Crippen molar-refractivity contribution in [3.63, 3.8) is 0 Å². The van der Waals surface area contributed by atoms with E-state index in [1.165, 1.54) is 6.33 Å². The molecule has 1 heterocycles. The highest BCUT2D eigenvalue weighted by molar-refractivity contribution is 4.74. The summed E-state index contributed by atoms with van der Waals surface area (Å²) in [7, 11) is 0. The Morgan fingerprint density at radius 2 is 2.40 bits per heavy atom. The highest BCUT2D eigenvalue weighted by Crippen LogP contribution is 1.72. The number of nitrogens with one attached hydrogen (secondary N) is 1. The molecule has 0 saturated carbocycles. The van der Waals surface area contributed by atoms with Gasteiger partial charge in [0.05, 0.1) is 0 Å². The topological polar surface area (TPSA) is 54.5 Å². The molecule has 1 N–H and O–H groups in total. The minimum atomic E-state index is 0.656. The molecule has 0 aromatic carbocycles. The summed E-state index contributed by atoms with van der Waals surface area (Å²) < 4.78 is 0. The lowest BCUT2D eigenvalue weighted by atomic mass is 10.7. The van der Waals surface area contributed by atoms with Crippen molar-refractivity contribution in [1.82, 2.24) is 20.2 Å². The normalized spacial score (nSPS) is 8.50. The zero-order chi connectivity index (χ0) is 7.23. The first kappa shape index (κ1) is 6.67. The SMILES string of the molecule is Cc1ncnccc[nH]n1. The van der Waals surface area contributed by atoms with Crippen molar-refractivity contribution in [2.45, 2.75) is 6.92 Å². The molecule has 1 rings (SSSR count). The van der Waals surface area contributed by atoms with E-state index in [-0.39, 0.29) is 0 Å². The van der Waals surface area contributed by atoms with Crippen molar-refractivity contribution >= 4 is 0 Å². The summed E-state index contributed by atoms with van der Waals surface area (Å²) in [6.45, 7) is 1.79. The van der Waals surface area contributed by atoms with Crippen LogP contribution in [0, 0.1) is 6.92 Å². The summed E-state index contributed by atoms with van der Waals surface area (Å²) in [4.78, 5) is 7.69. The molecular weight excluding hydrogens is 128 g/mol. The van der Waals surface area contributed by atoms with Crippen LogP contribution in [0.4, 0.5) is 0 Å². The molecule has 0 atom stereocenters. The van der Waals surface area contributed by atoms with Crippen LogP contribution in [0.15, 0.2) is 24.8 Å². The van der Waals surface area contributed by atoms with Gasteiger partial charge in [-0.25, -0.2) is 9.97 Å². The Morgan fingerprint density at radius 1 is 1.50 bits per heavy atom. The first-order chi connectivity index (χ1) is 4.89. The van der Waals surface area contributed by atoms with Gasteiger partial charge in [0.15, 0.2) is 0 Å². The van der Waals surface area contributed by atoms with Gasteiger partial charge in [-0.1, -0.05) is 0 Å². The maximum atomic E-state index is 3.87. The molecule has 0 unspecified atom stereocenters. The van der Waals surface area contributed by atoms with Gasteiger partial charge >= 0.3 is 0 Å². The van der Waals surface area contributed by atoms with Crippen molar-refractivity contribution in [1.29, 1.82) is 0 Å². The average molecular weight is 136 g/mol. The molecule has 0 fully saturated rings. The summed E-state index contributed by atoms with van der Waals surface area (Å²) >= 11 is 0. The molecule has 0 spiro atoms. The van der Waals surface area contributed by atoms with E-state index >= 15 is 0 Å². The van der Waals surface area contributed by atoms with Crippen molar-refractivity contribution in [3.8, 4) is 0 Å². The minimum absolute atomic E-state index is 0.656. The van der Waals surface area contributed by atoms with E-state index in [2.05, 4.69) is 20.2 Å². The third-order valence-electron chi connectivity index (χ3n) is 0.880. The van der Waals surface area contributed by atoms with Crippen molar-refractivity contribution < 1.29 is 0 Å². The van der Waals surface area contributed by atoms with E-state index in [0.717, 1.165) is 0 Å². The summed E-state index contributed by atoms with van der Waals surface area (Å²) in [6.07, 6.45) is 4.77. The summed E-state index contributed by atoms with van der Waals surface area (Å²) in [6, 6.07) is 1.74. The van der Waals surface area contributed by atoms with Crippen LogP contribution < -0.4 is 0 Å². The number of hydrogen-bond donors (Lipinski definition) is 1. The van der Waals surface area contributed by atoms with E-state index in [9.17, 15) is 0 Å². The number of nitrogens with zero attached hydrogens (tertiary/aromatic N) is 3. The Morgan fingerprint density at radius 3 is 3.30 bits per heavy atom. The quantitative estimate of drug-likeness (QED) is 0.569. The number of aromatic amines is 1. The fourth-order valence-electron chi connectivity index (χ4n) is 0.451. The molecule has 0 amide bonds. The van der Waals surface area contributed by atoms with Crippen LogP contribution in [0.25, 0.3) is 0 Å². The van der Waals surface area contributed by atoms with Crippen LogP contribution in [-0.2, 0) is 0 Å². The number of aromatic nitrogens is 4. The van der Waals surface area contributed by atoms with Crippen molar-refractivity contribution in [2.75, 3.05) is 0 Å².